The number of Topliss-reactive ketones (excluding diaryl/α,β-unsaturated/α-hetero) is 1. The quantitative estimate of drug-likeness (QED) is 0.393. The van der Waals surface area contributed by atoms with Crippen LogP contribution in [0.25, 0.3) is 0 Å². The molecule has 11 heteroatoms. The van der Waals surface area contributed by atoms with Gasteiger partial charge in [0.2, 0.25) is 0 Å². The molecule has 2 bridgehead atoms. The Kier molecular flexibility index (Phi) is 5.86. The van der Waals surface area contributed by atoms with Crippen LogP contribution in [0, 0.1) is 33.5 Å². The number of fused-ring (bicyclic) bond motifs is 1. The first-order valence-corrected chi connectivity index (χ1v) is 14.8. The molecule has 0 aromatic carbocycles. The molecule has 3 heterocycles. The Bertz CT molecular complexity index is 1330. The number of carbonyl (C=O) groups is 3. The minimum absolute atomic E-state index is 0.0200. The van der Waals surface area contributed by atoms with E-state index in [9.17, 15) is 19.8 Å². The average Bonchev–Trinajstić information content (AvgIpc) is 3.28. The maximum Gasteiger partial charge on any atom is 0.303 e. The average molecular weight is 589 g/mol. The van der Waals surface area contributed by atoms with Gasteiger partial charge in [0, 0.05) is 50.0 Å². The van der Waals surface area contributed by atoms with Gasteiger partial charge in [0.05, 0.1) is 48.3 Å². The van der Waals surface area contributed by atoms with Crippen LogP contribution in [0.15, 0.2) is 23.0 Å². The number of ketones is 1. The number of methoxy groups -OCH3 is 1. The third-order valence-electron chi connectivity index (χ3n) is 12.8. The van der Waals surface area contributed by atoms with E-state index >= 15 is 4.79 Å². The van der Waals surface area contributed by atoms with E-state index in [-0.39, 0.29) is 37.3 Å². The fourth-order valence-electron chi connectivity index (χ4n) is 11.3. The maximum atomic E-state index is 15.1. The van der Waals surface area contributed by atoms with E-state index in [1.54, 1.807) is 12.5 Å². The van der Waals surface area contributed by atoms with Crippen LogP contribution >= 0.6 is 0 Å². The van der Waals surface area contributed by atoms with E-state index in [4.69, 9.17) is 28.1 Å². The van der Waals surface area contributed by atoms with Gasteiger partial charge in [0.1, 0.15) is 11.7 Å². The first-order chi connectivity index (χ1) is 19.8. The van der Waals surface area contributed by atoms with Crippen LogP contribution in [0.1, 0.15) is 65.4 Å². The molecular weight excluding hydrogens is 548 g/mol. The summed E-state index contributed by atoms with van der Waals surface area (Å²) in [5.41, 5.74) is -4.51. The van der Waals surface area contributed by atoms with E-state index in [1.165, 1.54) is 21.0 Å². The van der Waals surface area contributed by atoms with E-state index in [0.717, 1.165) is 5.56 Å². The molecule has 2 saturated heterocycles. The van der Waals surface area contributed by atoms with Gasteiger partial charge in [0.15, 0.2) is 18.2 Å². The summed E-state index contributed by atoms with van der Waals surface area (Å²) in [5, 5.41) is 24.4. The van der Waals surface area contributed by atoms with E-state index < -0.39 is 81.7 Å². The molecule has 42 heavy (non-hydrogen) atoms. The van der Waals surface area contributed by atoms with Gasteiger partial charge in [-0.15, -0.1) is 0 Å². The largest absolute Gasteiger partial charge is 0.472 e. The third kappa shape index (κ3) is 2.93. The van der Waals surface area contributed by atoms with Gasteiger partial charge < -0.3 is 38.3 Å². The molecule has 4 aliphatic carbocycles. The Morgan fingerprint density at radius 2 is 1.71 bits per heavy atom. The molecule has 14 atom stereocenters. The van der Waals surface area contributed by atoms with Crippen LogP contribution < -0.4 is 0 Å². The van der Waals surface area contributed by atoms with Gasteiger partial charge in [-0.25, -0.2) is 0 Å². The van der Waals surface area contributed by atoms with Gasteiger partial charge in [-0.3, -0.25) is 14.4 Å². The number of hydrogen-bond donors (Lipinski definition) is 2. The summed E-state index contributed by atoms with van der Waals surface area (Å²) in [7, 11) is 1.51. The van der Waals surface area contributed by atoms with Crippen molar-refractivity contribution >= 4 is 17.7 Å². The lowest BCUT2D eigenvalue weighted by molar-refractivity contribution is -0.377. The van der Waals surface area contributed by atoms with Gasteiger partial charge in [-0.05, 0) is 30.4 Å². The molecule has 2 aliphatic heterocycles. The van der Waals surface area contributed by atoms with Crippen LogP contribution in [0.5, 0.6) is 0 Å². The number of furan rings is 1. The van der Waals surface area contributed by atoms with Gasteiger partial charge >= 0.3 is 11.9 Å². The zero-order chi connectivity index (χ0) is 30.2. The third-order valence-corrected chi connectivity index (χ3v) is 12.8. The number of esters is 2. The highest BCUT2D eigenvalue weighted by Crippen LogP contribution is 2.82. The molecule has 1 spiro atoms. The summed E-state index contributed by atoms with van der Waals surface area (Å²) in [6, 6.07) is 1.86. The number of carbonyl (C=O) groups excluding carboxylic acids is 3. The highest BCUT2D eigenvalue weighted by molar-refractivity contribution is 5.93. The van der Waals surface area contributed by atoms with Crippen molar-refractivity contribution in [2.24, 2.45) is 33.5 Å². The van der Waals surface area contributed by atoms with Crippen LogP contribution in [-0.4, -0.2) is 84.1 Å². The molecule has 1 aromatic heterocycles. The minimum Gasteiger partial charge on any atom is -0.472 e. The number of hydrogen-bond acceptors (Lipinski definition) is 11. The molecule has 0 unspecified atom stereocenters. The zero-order valence-electron chi connectivity index (χ0n) is 24.8. The lowest BCUT2D eigenvalue weighted by Crippen LogP contribution is -2.82. The van der Waals surface area contributed by atoms with Gasteiger partial charge in [0.25, 0.3) is 0 Å². The molecule has 0 amide bonds. The highest BCUT2D eigenvalue weighted by Gasteiger charge is 2.92. The van der Waals surface area contributed by atoms with E-state index in [0.29, 0.717) is 6.42 Å². The second kappa shape index (κ2) is 8.65. The Morgan fingerprint density at radius 3 is 2.33 bits per heavy atom. The number of ether oxygens (including phenoxy) is 5. The van der Waals surface area contributed by atoms with Crippen molar-refractivity contribution in [3.05, 3.63) is 24.2 Å². The standard InChI is InChI=1S/C31H40O11/c1-14(32)40-21-11-20(35)30-13-39-26(37-6)27(21,3)18(30)10-19(34)29(5)24(30)23(36)25(41-15(2)33)28(4)17(16-7-8-38-12-16)9-22-31(28,29)42-22/h7-8,12,17-22,24-26,34-35H,9-11,13H2,1-6H3/t17-,18-,19+,20-,21+,22+,24-,25-,26+,27+,28+,29+,30+,31+/m0/s1. The van der Waals surface area contributed by atoms with Crippen LogP contribution in [0.2, 0.25) is 0 Å². The van der Waals surface area contributed by atoms with Crippen LogP contribution in [-0.2, 0) is 38.1 Å². The van der Waals surface area contributed by atoms with Gasteiger partial charge in [-0.2, -0.15) is 0 Å². The molecule has 11 nitrogen and oxygen atoms in total. The smallest absolute Gasteiger partial charge is 0.303 e. The SMILES string of the molecule is CO[C@@H]1OC[C@@]23[C@H]4C(=O)[C@H](OC(C)=O)[C@@]5(C)[C@H](c6ccoc6)C[C@H]6O[C@]65[C@]4(C)[C@H](O)C[C@H]2[C@]1(C)[C@H](OC(C)=O)C[C@@H]3O. The summed E-state index contributed by atoms with van der Waals surface area (Å²) in [5.74, 6) is -3.23. The van der Waals surface area contributed by atoms with Gasteiger partial charge in [-0.1, -0.05) is 20.8 Å². The predicted molar refractivity (Wildman–Crippen MR) is 142 cm³/mol. The lowest BCUT2D eigenvalue weighted by Gasteiger charge is -2.73. The molecule has 230 valence electrons. The number of aliphatic hydroxyl groups is 2. The fourth-order valence-corrected chi connectivity index (χ4v) is 11.3. The molecule has 6 aliphatic rings. The molecule has 2 N–H and O–H groups in total. The highest BCUT2D eigenvalue weighted by atomic mass is 16.7. The molecule has 0 radical (unpaired) electrons. The van der Waals surface area contributed by atoms with Crippen molar-refractivity contribution in [2.45, 2.75) is 102 Å². The molecule has 4 saturated carbocycles. The monoisotopic (exact) mass is 588 g/mol. The summed E-state index contributed by atoms with van der Waals surface area (Å²) in [6.07, 6.45) is -1.20. The second-order valence-electron chi connectivity index (χ2n) is 14.1. The summed E-state index contributed by atoms with van der Waals surface area (Å²) in [6.45, 7) is 8.28. The van der Waals surface area contributed by atoms with Crippen molar-refractivity contribution < 1.29 is 52.7 Å². The predicted octanol–water partition coefficient (Wildman–Crippen LogP) is 2.12. The molecule has 1 aromatic rings. The van der Waals surface area contributed by atoms with Crippen molar-refractivity contribution in [1.82, 2.24) is 0 Å². The zero-order valence-corrected chi connectivity index (χ0v) is 24.8. The number of epoxide rings is 1. The Morgan fingerprint density at radius 1 is 1.00 bits per heavy atom. The van der Waals surface area contributed by atoms with Crippen molar-refractivity contribution in [1.29, 1.82) is 0 Å². The van der Waals surface area contributed by atoms with Crippen LogP contribution in [0.3, 0.4) is 0 Å². The molecular formula is C31H40O11. The van der Waals surface area contributed by atoms with E-state index in [2.05, 4.69) is 0 Å². The summed E-state index contributed by atoms with van der Waals surface area (Å²) in [4.78, 5) is 39.9. The summed E-state index contributed by atoms with van der Waals surface area (Å²) < 4.78 is 35.9. The second-order valence-corrected chi connectivity index (χ2v) is 14.1. The van der Waals surface area contributed by atoms with Crippen molar-refractivity contribution in [3.63, 3.8) is 0 Å². The Balaban J connectivity index is 1.44. The number of rotatable bonds is 4. The Hall–Kier alpha value is -2.31. The van der Waals surface area contributed by atoms with Crippen molar-refractivity contribution in [3.8, 4) is 0 Å². The lowest BCUT2D eigenvalue weighted by atomic mass is 9.33. The van der Waals surface area contributed by atoms with Crippen LogP contribution in [0.4, 0.5) is 0 Å². The topological polar surface area (TPSA) is 154 Å². The molecule has 7 rings (SSSR count). The first-order valence-electron chi connectivity index (χ1n) is 14.8. The molecule has 6 fully saturated rings. The maximum absolute atomic E-state index is 15.1. The normalized spacial score (nSPS) is 53.7. The Labute approximate surface area is 244 Å². The fraction of sp³-hybridized carbons (Fsp3) is 0.774. The minimum atomic E-state index is -1.20. The van der Waals surface area contributed by atoms with Crippen molar-refractivity contribution in [2.75, 3.05) is 13.7 Å². The first kappa shape index (κ1) is 28.5. The van der Waals surface area contributed by atoms with E-state index in [1.807, 2.05) is 26.8 Å². The number of aliphatic hydroxyl groups excluding tert-OH is 2. The summed E-state index contributed by atoms with van der Waals surface area (Å²) >= 11 is 0.